The summed E-state index contributed by atoms with van der Waals surface area (Å²) >= 11 is 0. The molecule has 3 saturated carbocycles. The van der Waals surface area contributed by atoms with E-state index < -0.39 is 0 Å². The maximum atomic E-state index is 6.43. The van der Waals surface area contributed by atoms with Crippen LogP contribution in [0, 0.1) is 23.7 Å². The third-order valence-corrected chi connectivity index (χ3v) is 5.38. The summed E-state index contributed by atoms with van der Waals surface area (Å²) in [5.74, 6) is 3.68. The van der Waals surface area contributed by atoms with E-state index in [1.807, 2.05) is 0 Å². The molecule has 3 fully saturated rings. The Kier molecular flexibility index (Phi) is 3.45. The summed E-state index contributed by atoms with van der Waals surface area (Å²) in [6.45, 7) is 6.25. The van der Waals surface area contributed by atoms with Gasteiger partial charge < -0.3 is 10.6 Å². The highest BCUT2D eigenvalue weighted by Crippen LogP contribution is 2.48. The van der Waals surface area contributed by atoms with Crippen LogP contribution in [0.4, 0.5) is 0 Å². The van der Waals surface area contributed by atoms with Crippen molar-refractivity contribution in [3.8, 4) is 0 Å². The van der Waals surface area contributed by atoms with Crippen LogP contribution in [0.15, 0.2) is 0 Å². The topological polar surface area (TPSA) is 29.3 Å². The first-order chi connectivity index (χ1) is 8.28. The molecule has 0 heterocycles. The molecule has 4 atom stereocenters. The molecule has 0 aromatic carbocycles. The van der Waals surface area contributed by atoms with Gasteiger partial charge in [-0.05, 0) is 68.7 Å². The predicted molar refractivity (Wildman–Crippen MR) is 71.8 cm³/mol. The van der Waals surface area contributed by atoms with Crippen molar-refractivity contribution in [1.29, 1.82) is 0 Å². The number of nitrogens with two attached hydrogens (primary N) is 1. The van der Waals surface area contributed by atoms with E-state index in [1.165, 1.54) is 58.2 Å². The van der Waals surface area contributed by atoms with Crippen LogP contribution in [-0.2, 0) is 0 Å². The standard InChI is InChI=1S/C15H28N2/c1-2-7-17(9-11-3-4-11)10-14-12-5-6-13(8-12)15(14)16/h11-15H,2-10,16H2,1H3. The summed E-state index contributed by atoms with van der Waals surface area (Å²) in [5.41, 5.74) is 6.43. The maximum Gasteiger partial charge on any atom is 0.0111 e. The fourth-order valence-electron chi connectivity index (χ4n) is 4.26. The van der Waals surface area contributed by atoms with Crippen molar-refractivity contribution in [2.24, 2.45) is 29.4 Å². The van der Waals surface area contributed by atoms with Gasteiger partial charge in [-0.1, -0.05) is 6.92 Å². The average molecular weight is 236 g/mol. The van der Waals surface area contributed by atoms with E-state index in [0.717, 1.165) is 23.7 Å². The van der Waals surface area contributed by atoms with Crippen LogP contribution in [0.25, 0.3) is 0 Å². The van der Waals surface area contributed by atoms with Crippen LogP contribution in [-0.4, -0.2) is 30.6 Å². The van der Waals surface area contributed by atoms with Gasteiger partial charge in [-0.25, -0.2) is 0 Å². The molecule has 98 valence electrons. The molecule has 2 heteroatoms. The Morgan fingerprint density at radius 3 is 2.41 bits per heavy atom. The van der Waals surface area contributed by atoms with Gasteiger partial charge in [-0.2, -0.15) is 0 Å². The second-order valence-electron chi connectivity index (χ2n) is 6.78. The zero-order valence-electron chi connectivity index (χ0n) is 11.3. The first-order valence-electron chi connectivity index (χ1n) is 7.76. The molecular weight excluding hydrogens is 208 g/mol. The van der Waals surface area contributed by atoms with Gasteiger partial charge >= 0.3 is 0 Å². The maximum absolute atomic E-state index is 6.43. The van der Waals surface area contributed by atoms with Crippen molar-refractivity contribution in [2.75, 3.05) is 19.6 Å². The van der Waals surface area contributed by atoms with Crippen LogP contribution < -0.4 is 5.73 Å². The Hall–Kier alpha value is -0.0800. The minimum absolute atomic E-state index is 0.521. The lowest BCUT2D eigenvalue weighted by Crippen LogP contribution is -2.43. The molecule has 4 unspecified atom stereocenters. The van der Waals surface area contributed by atoms with Crippen molar-refractivity contribution >= 4 is 0 Å². The summed E-state index contributed by atoms with van der Waals surface area (Å²) < 4.78 is 0. The smallest absolute Gasteiger partial charge is 0.0111 e. The van der Waals surface area contributed by atoms with Gasteiger partial charge in [0.1, 0.15) is 0 Å². The normalized spacial score (nSPS) is 40.4. The highest BCUT2D eigenvalue weighted by Gasteiger charge is 2.46. The second-order valence-corrected chi connectivity index (χ2v) is 6.78. The van der Waals surface area contributed by atoms with E-state index in [4.69, 9.17) is 5.73 Å². The fraction of sp³-hybridized carbons (Fsp3) is 1.00. The van der Waals surface area contributed by atoms with Crippen LogP contribution in [0.2, 0.25) is 0 Å². The molecule has 0 saturated heterocycles. The quantitative estimate of drug-likeness (QED) is 0.767. The Bertz CT molecular complexity index is 260. The number of hydrogen-bond acceptors (Lipinski definition) is 2. The van der Waals surface area contributed by atoms with Gasteiger partial charge in [-0.15, -0.1) is 0 Å². The van der Waals surface area contributed by atoms with Crippen LogP contribution >= 0.6 is 0 Å². The second kappa shape index (κ2) is 4.89. The average Bonchev–Trinajstić information content (AvgIpc) is 2.90. The van der Waals surface area contributed by atoms with E-state index in [1.54, 1.807) is 0 Å². The lowest BCUT2D eigenvalue weighted by atomic mass is 9.84. The molecule has 0 radical (unpaired) electrons. The van der Waals surface area contributed by atoms with Crippen LogP contribution in [0.3, 0.4) is 0 Å². The first-order valence-corrected chi connectivity index (χ1v) is 7.76. The molecule has 0 amide bonds. The Morgan fingerprint density at radius 2 is 1.82 bits per heavy atom. The van der Waals surface area contributed by atoms with Crippen LogP contribution in [0.5, 0.6) is 0 Å². The van der Waals surface area contributed by atoms with Crippen molar-refractivity contribution in [1.82, 2.24) is 4.90 Å². The van der Waals surface area contributed by atoms with E-state index in [9.17, 15) is 0 Å². The molecule has 3 aliphatic rings. The lowest BCUT2D eigenvalue weighted by Gasteiger charge is -2.33. The molecule has 2 bridgehead atoms. The van der Waals surface area contributed by atoms with Crippen molar-refractivity contribution in [3.05, 3.63) is 0 Å². The highest BCUT2D eigenvalue weighted by molar-refractivity contribution is 5.00. The van der Waals surface area contributed by atoms with Crippen molar-refractivity contribution in [2.45, 2.75) is 51.5 Å². The minimum atomic E-state index is 0.521. The predicted octanol–water partition coefficient (Wildman–Crippen LogP) is 2.48. The number of rotatable bonds is 6. The number of hydrogen-bond donors (Lipinski definition) is 1. The van der Waals surface area contributed by atoms with Gasteiger partial charge in [0, 0.05) is 19.1 Å². The molecular formula is C15H28N2. The Labute approximate surface area is 106 Å². The first kappa shape index (κ1) is 12.0. The minimum Gasteiger partial charge on any atom is -0.327 e. The summed E-state index contributed by atoms with van der Waals surface area (Å²) in [4.78, 5) is 2.73. The zero-order valence-corrected chi connectivity index (χ0v) is 11.3. The molecule has 17 heavy (non-hydrogen) atoms. The Morgan fingerprint density at radius 1 is 1.06 bits per heavy atom. The molecule has 0 aromatic rings. The van der Waals surface area contributed by atoms with E-state index in [2.05, 4.69) is 11.8 Å². The van der Waals surface area contributed by atoms with Gasteiger partial charge in [0.15, 0.2) is 0 Å². The summed E-state index contributed by atoms with van der Waals surface area (Å²) in [7, 11) is 0. The number of fused-ring (bicyclic) bond motifs is 2. The zero-order chi connectivity index (χ0) is 11.8. The van der Waals surface area contributed by atoms with Gasteiger partial charge in [0.05, 0.1) is 0 Å². The molecule has 2 nitrogen and oxygen atoms in total. The Balaban J connectivity index is 1.55. The summed E-state index contributed by atoms with van der Waals surface area (Å²) in [6.07, 6.45) is 8.56. The van der Waals surface area contributed by atoms with E-state index >= 15 is 0 Å². The van der Waals surface area contributed by atoms with Crippen molar-refractivity contribution in [3.63, 3.8) is 0 Å². The van der Waals surface area contributed by atoms with Gasteiger partial charge in [0.2, 0.25) is 0 Å². The third-order valence-electron chi connectivity index (χ3n) is 5.38. The largest absolute Gasteiger partial charge is 0.327 e. The van der Waals surface area contributed by atoms with Crippen molar-refractivity contribution < 1.29 is 0 Å². The fourth-order valence-corrected chi connectivity index (χ4v) is 4.26. The van der Waals surface area contributed by atoms with E-state index in [0.29, 0.717) is 6.04 Å². The SMILES string of the molecule is CCCN(CC1CC1)CC1C2CCC(C2)C1N. The molecule has 0 spiro atoms. The molecule has 2 N–H and O–H groups in total. The van der Waals surface area contributed by atoms with Gasteiger partial charge in [0.25, 0.3) is 0 Å². The van der Waals surface area contributed by atoms with E-state index in [-0.39, 0.29) is 0 Å². The van der Waals surface area contributed by atoms with Crippen LogP contribution in [0.1, 0.15) is 45.4 Å². The summed E-state index contributed by atoms with van der Waals surface area (Å²) in [5, 5.41) is 0. The van der Waals surface area contributed by atoms with Gasteiger partial charge in [-0.3, -0.25) is 0 Å². The lowest BCUT2D eigenvalue weighted by molar-refractivity contribution is 0.169. The summed E-state index contributed by atoms with van der Waals surface area (Å²) in [6, 6.07) is 0.521. The monoisotopic (exact) mass is 236 g/mol. The molecule has 3 rings (SSSR count). The highest BCUT2D eigenvalue weighted by atomic mass is 15.1. The third kappa shape index (κ3) is 2.53. The molecule has 3 aliphatic carbocycles. The number of nitrogens with zero attached hydrogens (tertiary/aromatic N) is 1. The molecule has 0 aliphatic heterocycles. The molecule has 0 aromatic heterocycles.